The zero-order valence-electron chi connectivity index (χ0n) is 13.7. The number of carbonyl (C=O) groups is 2. The van der Waals surface area contributed by atoms with E-state index in [4.69, 9.17) is 0 Å². The third-order valence-corrected chi connectivity index (χ3v) is 5.67. The largest absolute Gasteiger partial charge is 0.392 e. The van der Waals surface area contributed by atoms with Crippen molar-refractivity contribution in [2.75, 3.05) is 37.7 Å². The van der Waals surface area contributed by atoms with Gasteiger partial charge in [0.2, 0.25) is 11.8 Å². The molecule has 2 unspecified atom stereocenters. The second kappa shape index (κ2) is 9.49. The predicted octanol–water partition coefficient (Wildman–Crippen LogP) is 0.466. The third kappa shape index (κ3) is 6.31. The summed E-state index contributed by atoms with van der Waals surface area (Å²) in [5.74, 6) is 1.53. The summed E-state index contributed by atoms with van der Waals surface area (Å²) < 4.78 is 0. The molecular weight excluding hydrogens is 316 g/mol. The standard InChI is InChI=1S/C16H28N2O4S/c19-13(5-9-17-7-1-3-15(17)21)11-23-12-14(20)6-10-18-8-2-4-16(18)22/h13-14,19-20H,1-12H2. The number of carbonyl (C=O) groups excluding carboxylic acids is 2. The summed E-state index contributed by atoms with van der Waals surface area (Å²) >= 11 is 1.53. The van der Waals surface area contributed by atoms with Crippen LogP contribution in [0.25, 0.3) is 0 Å². The van der Waals surface area contributed by atoms with Gasteiger partial charge in [-0.15, -0.1) is 0 Å². The summed E-state index contributed by atoms with van der Waals surface area (Å²) in [5.41, 5.74) is 0. The van der Waals surface area contributed by atoms with E-state index in [0.29, 0.717) is 50.3 Å². The van der Waals surface area contributed by atoms with Gasteiger partial charge in [0.15, 0.2) is 0 Å². The van der Waals surface area contributed by atoms with Gasteiger partial charge >= 0.3 is 0 Å². The molecule has 2 rings (SSSR count). The fourth-order valence-electron chi connectivity index (χ4n) is 3.00. The van der Waals surface area contributed by atoms with Gasteiger partial charge < -0.3 is 20.0 Å². The zero-order valence-corrected chi connectivity index (χ0v) is 14.5. The number of aliphatic hydroxyl groups is 2. The Bertz CT molecular complexity index is 372. The normalized spacial score (nSPS) is 21.3. The lowest BCUT2D eigenvalue weighted by Crippen LogP contribution is -2.30. The maximum atomic E-state index is 11.5. The highest BCUT2D eigenvalue weighted by atomic mass is 32.2. The van der Waals surface area contributed by atoms with E-state index in [1.54, 1.807) is 0 Å². The van der Waals surface area contributed by atoms with Crippen LogP contribution in [0, 0.1) is 0 Å². The topological polar surface area (TPSA) is 81.1 Å². The van der Waals surface area contributed by atoms with Crippen LogP contribution in [0.4, 0.5) is 0 Å². The Kier molecular flexibility index (Phi) is 7.65. The molecule has 2 saturated heterocycles. The first kappa shape index (κ1) is 18.5. The van der Waals surface area contributed by atoms with E-state index in [0.717, 1.165) is 25.9 Å². The highest BCUT2D eigenvalue weighted by Crippen LogP contribution is 2.15. The van der Waals surface area contributed by atoms with Crippen LogP contribution >= 0.6 is 11.8 Å². The minimum Gasteiger partial charge on any atom is -0.392 e. The SMILES string of the molecule is O=C1CCCN1CCC(O)CSCC(O)CCN1CCCC1=O. The van der Waals surface area contributed by atoms with Crippen LogP contribution < -0.4 is 0 Å². The molecule has 23 heavy (non-hydrogen) atoms. The zero-order chi connectivity index (χ0) is 16.7. The predicted molar refractivity (Wildman–Crippen MR) is 90.2 cm³/mol. The number of hydrogen-bond donors (Lipinski definition) is 2. The van der Waals surface area contributed by atoms with Crippen LogP contribution in [-0.4, -0.2) is 81.7 Å². The Morgan fingerprint density at radius 2 is 1.30 bits per heavy atom. The van der Waals surface area contributed by atoms with Crippen molar-refractivity contribution in [2.45, 2.75) is 50.7 Å². The van der Waals surface area contributed by atoms with E-state index in [1.807, 2.05) is 9.80 Å². The lowest BCUT2D eigenvalue weighted by atomic mass is 10.2. The number of hydrogen-bond acceptors (Lipinski definition) is 5. The molecule has 6 nitrogen and oxygen atoms in total. The molecule has 7 heteroatoms. The van der Waals surface area contributed by atoms with Crippen molar-refractivity contribution in [3.05, 3.63) is 0 Å². The van der Waals surface area contributed by atoms with Gasteiger partial charge in [-0.2, -0.15) is 11.8 Å². The monoisotopic (exact) mass is 344 g/mol. The maximum absolute atomic E-state index is 11.5. The summed E-state index contributed by atoms with van der Waals surface area (Å²) in [6, 6.07) is 0. The Hall–Kier alpha value is -0.790. The Balaban J connectivity index is 1.49. The van der Waals surface area contributed by atoms with Crippen LogP contribution in [-0.2, 0) is 9.59 Å². The first-order chi connectivity index (χ1) is 11.1. The molecule has 0 radical (unpaired) electrons. The highest BCUT2D eigenvalue weighted by Gasteiger charge is 2.22. The molecule has 2 aliphatic heterocycles. The number of likely N-dealkylation sites (tertiary alicyclic amines) is 2. The molecule has 2 heterocycles. The first-order valence-electron chi connectivity index (χ1n) is 8.55. The van der Waals surface area contributed by atoms with Gasteiger partial charge in [0, 0.05) is 50.5 Å². The maximum Gasteiger partial charge on any atom is 0.222 e. The first-order valence-corrected chi connectivity index (χ1v) is 9.71. The van der Waals surface area contributed by atoms with Gasteiger partial charge in [0.05, 0.1) is 12.2 Å². The quantitative estimate of drug-likeness (QED) is 0.602. The molecular formula is C16H28N2O4S. The van der Waals surface area contributed by atoms with Crippen molar-refractivity contribution in [3.63, 3.8) is 0 Å². The summed E-state index contributed by atoms with van der Waals surface area (Å²) in [7, 11) is 0. The van der Waals surface area contributed by atoms with Gasteiger partial charge in [-0.1, -0.05) is 0 Å². The molecule has 0 aromatic heterocycles. The molecule has 0 aromatic rings. The lowest BCUT2D eigenvalue weighted by molar-refractivity contribution is -0.128. The summed E-state index contributed by atoms with van der Waals surface area (Å²) in [6.07, 6.45) is 3.42. The van der Waals surface area contributed by atoms with E-state index in [-0.39, 0.29) is 11.8 Å². The number of amides is 2. The summed E-state index contributed by atoms with van der Waals surface area (Å²) in [6.45, 7) is 2.87. The van der Waals surface area contributed by atoms with Gasteiger partial charge in [-0.25, -0.2) is 0 Å². The lowest BCUT2D eigenvalue weighted by Gasteiger charge is -2.19. The third-order valence-electron chi connectivity index (χ3n) is 4.43. The van der Waals surface area contributed by atoms with E-state index in [1.165, 1.54) is 11.8 Å². The Labute approximate surface area is 142 Å². The molecule has 0 aliphatic carbocycles. The molecule has 0 saturated carbocycles. The number of nitrogens with zero attached hydrogens (tertiary/aromatic N) is 2. The van der Waals surface area contributed by atoms with Gasteiger partial charge in [-0.3, -0.25) is 9.59 Å². The van der Waals surface area contributed by atoms with Crippen molar-refractivity contribution in [1.29, 1.82) is 0 Å². The molecule has 0 aromatic carbocycles. The van der Waals surface area contributed by atoms with Crippen molar-refractivity contribution in [2.24, 2.45) is 0 Å². The van der Waals surface area contributed by atoms with Crippen LogP contribution in [0.3, 0.4) is 0 Å². The molecule has 2 amide bonds. The minimum atomic E-state index is -0.444. The highest BCUT2D eigenvalue weighted by molar-refractivity contribution is 7.99. The molecule has 0 bridgehead atoms. The smallest absolute Gasteiger partial charge is 0.222 e. The summed E-state index contributed by atoms with van der Waals surface area (Å²) in [4.78, 5) is 26.6. The average molecular weight is 344 g/mol. The van der Waals surface area contributed by atoms with Crippen LogP contribution in [0.2, 0.25) is 0 Å². The second-order valence-electron chi connectivity index (χ2n) is 6.39. The van der Waals surface area contributed by atoms with E-state index < -0.39 is 12.2 Å². The van der Waals surface area contributed by atoms with Crippen molar-refractivity contribution >= 4 is 23.6 Å². The van der Waals surface area contributed by atoms with E-state index in [9.17, 15) is 19.8 Å². The van der Waals surface area contributed by atoms with Gasteiger partial charge in [0.1, 0.15) is 0 Å². The van der Waals surface area contributed by atoms with Crippen molar-refractivity contribution in [1.82, 2.24) is 9.80 Å². The Morgan fingerprint density at radius 3 is 1.65 bits per heavy atom. The van der Waals surface area contributed by atoms with Crippen LogP contribution in [0.1, 0.15) is 38.5 Å². The fraction of sp³-hybridized carbons (Fsp3) is 0.875. The van der Waals surface area contributed by atoms with Crippen LogP contribution in [0.5, 0.6) is 0 Å². The molecule has 2 aliphatic rings. The Morgan fingerprint density at radius 1 is 0.870 bits per heavy atom. The average Bonchev–Trinajstić information content (AvgIpc) is 3.11. The number of aliphatic hydroxyl groups excluding tert-OH is 2. The second-order valence-corrected chi connectivity index (χ2v) is 7.47. The van der Waals surface area contributed by atoms with Gasteiger partial charge in [-0.05, 0) is 25.7 Å². The molecule has 2 fully saturated rings. The fourth-order valence-corrected chi connectivity index (χ4v) is 4.01. The van der Waals surface area contributed by atoms with E-state index in [2.05, 4.69) is 0 Å². The van der Waals surface area contributed by atoms with Crippen molar-refractivity contribution in [3.8, 4) is 0 Å². The summed E-state index contributed by atoms with van der Waals surface area (Å²) in [5, 5.41) is 19.9. The van der Waals surface area contributed by atoms with E-state index >= 15 is 0 Å². The minimum absolute atomic E-state index is 0.191. The molecule has 2 atom stereocenters. The molecule has 0 spiro atoms. The van der Waals surface area contributed by atoms with Gasteiger partial charge in [0.25, 0.3) is 0 Å². The molecule has 2 N–H and O–H groups in total. The molecule has 132 valence electrons. The number of thioether (sulfide) groups is 1. The number of rotatable bonds is 10. The van der Waals surface area contributed by atoms with Crippen molar-refractivity contribution < 1.29 is 19.8 Å². The van der Waals surface area contributed by atoms with Crippen LogP contribution in [0.15, 0.2) is 0 Å².